The van der Waals surface area contributed by atoms with Crippen molar-refractivity contribution in [3.05, 3.63) is 69.0 Å². The molecular formula is C20H16BrNO5S. The van der Waals surface area contributed by atoms with Crippen molar-refractivity contribution < 1.29 is 23.9 Å². The lowest BCUT2D eigenvalue weighted by Crippen LogP contribution is -2.34. The van der Waals surface area contributed by atoms with E-state index in [4.69, 9.17) is 4.74 Å². The van der Waals surface area contributed by atoms with Crippen molar-refractivity contribution in [2.24, 2.45) is 0 Å². The lowest BCUT2D eigenvalue weighted by Gasteiger charge is -2.11. The van der Waals surface area contributed by atoms with Gasteiger partial charge in [-0.25, -0.2) is 0 Å². The molecule has 2 amide bonds. The molecule has 0 N–H and O–H groups in total. The van der Waals surface area contributed by atoms with Crippen molar-refractivity contribution in [1.82, 2.24) is 4.90 Å². The third-order valence-electron chi connectivity index (χ3n) is 3.88. The summed E-state index contributed by atoms with van der Waals surface area (Å²) in [4.78, 5) is 37.1. The van der Waals surface area contributed by atoms with Crippen LogP contribution in [0, 0.1) is 0 Å². The Kier molecular flexibility index (Phi) is 6.53. The second kappa shape index (κ2) is 9.07. The zero-order valence-corrected chi connectivity index (χ0v) is 17.3. The predicted molar refractivity (Wildman–Crippen MR) is 110 cm³/mol. The van der Waals surface area contributed by atoms with Crippen molar-refractivity contribution in [2.75, 3.05) is 13.7 Å². The van der Waals surface area contributed by atoms with Gasteiger partial charge in [0.2, 0.25) is 0 Å². The Balaban J connectivity index is 1.83. The molecule has 1 saturated heterocycles. The fraction of sp³-hybridized carbons (Fsp3) is 0.150. The highest BCUT2D eigenvalue weighted by molar-refractivity contribution is 9.10. The number of methoxy groups -OCH3 is 1. The standard InChI is InChI=1S/C20H16BrNO5S/c1-26-18(23)11-22-19(24)17(28-20(22)25)10-14-9-15(21)7-8-16(14)27-12-13-5-3-2-4-6-13/h2-10H,11-12H2,1H3/b17-10+. The van der Waals surface area contributed by atoms with Crippen molar-refractivity contribution in [3.8, 4) is 5.75 Å². The third kappa shape index (κ3) is 4.82. The maximum absolute atomic E-state index is 12.5. The molecular weight excluding hydrogens is 446 g/mol. The summed E-state index contributed by atoms with van der Waals surface area (Å²) in [5.74, 6) is -0.612. The van der Waals surface area contributed by atoms with Crippen LogP contribution in [0.1, 0.15) is 11.1 Å². The number of rotatable bonds is 6. The molecule has 0 atom stereocenters. The summed E-state index contributed by atoms with van der Waals surface area (Å²) in [7, 11) is 1.20. The fourth-order valence-corrected chi connectivity index (χ4v) is 3.68. The maximum Gasteiger partial charge on any atom is 0.325 e. The van der Waals surface area contributed by atoms with Gasteiger partial charge < -0.3 is 9.47 Å². The number of nitrogens with zero attached hydrogens (tertiary/aromatic N) is 1. The number of imide groups is 1. The molecule has 28 heavy (non-hydrogen) atoms. The number of ether oxygens (including phenoxy) is 2. The van der Waals surface area contributed by atoms with Crippen LogP contribution in [-0.2, 0) is 20.9 Å². The number of carbonyl (C=O) groups is 3. The number of carbonyl (C=O) groups excluding carboxylic acids is 3. The molecule has 0 spiro atoms. The van der Waals surface area contributed by atoms with Gasteiger partial charge in [0.05, 0.1) is 12.0 Å². The zero-order chi connectivity index (χ0) is 20.1. The topological polar surface area (TPSA) is 72.9 Å². The molecule has 1 fully saturated rings. The monoisotopic (exact) mass is 461 g/mol. The van der Waals surface area contributed by atoms with Crippen molar-refractivity contribution >= 4 is 50.9 Å². The van der Waals surface area contributed by atoms with E-state index in [2.05, 4.69) is 20.7 Å². The molecule has 8 heteroatoms. The Bertz CT molecular complexity index is 945. The maximum atomic E-state index is 12.5. The molecule has 2 aromatic rings. The minimum Gasteiger partial charge on any atom is -0.488 e. The highest BCUT2D eigenvalue weighted by Gasteiger charge is 2.36. The summed E-state index contributed by atoms with van der Waals surface area (Å²) in [6.45, 7) is -0.0402. The number of benzene rings is 2. The van der Waals surface area contributed by atoms with E-state index in [-0.39, 0.29) is 4.91 Å². The van der Waals surface area contributed by atoms with E-state index in [1.54, 1.807) is 18.2 Å². The largest absolute Gasteiger partial charge is 0.488 e. The average molecular weight is 462 g/mol. The van der Waals surface area contributed by atoms with Gasteiger partial charge in [0.25, 0.3) is 11.1 Å². The first-order valence-electron chi connectivity index (χ1n) is 8.26. The molecule has 6 nitrogen and oxygen atoms in total. The lowest BCUT2D eigenvalue weighted by molar-refractivity contribution is -0.143. The van der Waals surface area contributed by atoms with E-state index in [0.29, 0.717) is 17.9 Å². The highest BCUT2D eigenvalue weighted by Crippen LogP contribution is 2.35. The van der Waals surface area contributed by atoms with E-state index in [1.165, 1.54) is 7.11 Å². The summed E-state index contributed by atoms with van der Waals surface area (Å²) in [6.07, 6.45) is 1.59. The van der Waals surface area contributed by atoms with E-state index < -0.39 is 23.7 Å². The van der Waals surface area contributed by atoms with Crippen LogP contribution in [0.5, 0.6) is 5.75 Å². The Morgan fingerprint density at radius 3 is 2.64 bits per heavy atom. The first kappa shape index (κ1) is 20.2. The van der Waals surface area contributed by atoms with Crippen molar-refractivity contribution in [2.45, 2.75) is 6.61 Å². The SMILES string of the molecule is COC(=O)CN1C(=O)S/C(=C/c2cc(Br)ccc2OCc2ccccc2)C1=O. The van der Waals surface area contributed by atoms with E-state index in [9.17, 15) is 14.4 Å². The number of thioether (sulfide) groups is 1. The smallest absolute Gasteiger partial charge is 0.325 e. The molecule has 1 aliphatic rings. The number of esters is 1. The quantitative estimate of drug-likeness (QED) is 0.473. The van der Waals surface area contributed by atoms with Crippen LogP contribution in [0.25, 0.3) is 6.08 Å². The van der Waals surface area contributed by atoms with Gasteiger partial charge >= 0.3 is 5.97 Å². The normalized spacial score (nSPS) is 15.2. The van der Waals surface area contributed by atoms with Crippen LogP contribution < -0.4 is 4.74 Å². The molecule has 1 heterocycles. The van der Waals surface area contributed by atoms with Gasteiger partial charge in [0.1, 0.15) is 18.9 Å². The Morgan fingerprint density at radius 1 is 1.18 bits per heavy atom. The van der Waals surface area contributed by atoms with Gasteiger partial charge in [-0.15, -0.1) is 0 Å². The van der Waals surface area contributed by atoms with Gasteiger partial charge in [-0.3, -0.25) is 19.3 Å². The summed E-state index contributed by atoms with van der Waals surface area (Å²) in [5.41, 5.74) is 1.66. The molecule has 2 aromatic carbocycles. The van der Waals surface area contributed by atoms with E-state index in [1.807, 2.05) is 36.4 Å². The number of halogens is 1. The molecule has 0 aromatic heterocycles. The van der Waals surface area contributed by atoms with Gasteiger partial charge in [-0.1, -0.05) is 46.3 Å². The third-order valence-corrected chi connectivity index (χ3v) is 5.28. The average Bonchev–Trinajstić information content (AvgIpc) is 2.95. The van der Waals surface area contributed by atoms with Gasteiger partial charge in [0, 0.05) is 10.0 Å². The molecule has 0 aliphatic carbocycles. The molecule has 0 saturated carbocycles. The van der Waals surface area contributed by atoms with Gasteiger partial charge in [-0.05, 0) is 41.6 Å². The summed E-state index contributed by atoms with van der Waals surface area (Å²) in [6, 6.07) is 15.1. The Hall–Kier alpha value is -2.58. The van der Waals surface area contributed by atoms with Crippen LogP contribution >= 0.6 is 27.7 Å². The molecule has 3 rings (SSSR count). The molecule has 1 aliphatic heterocycles. The van der Waals surface area contributed by atoms with Crippen molar-refractivity contribution in [3.63, 3.8) is 0 Å². The van der Waals surface area contributed by atoms with Crippen LogP contribution in [0.2, 0.25) is 0 Å². The zero-order valence-electron chi connectivity index (χ0n) is 14.9. The minimum atomic E-state index is -0.655. The fourth-order valence-electron chi connectivity index (χ4n) is 2.47. The second-order valence-corrected chi connectivity index (χ2v) is 7.71. The molecule has 0 bridgehead atoms. The van der Waals surface area contributed by atoms with Crippen LogP contribution in [-0.4, -0.2) is 35.7 Å². The van der Waals surface area contributed by atoms with E-state index >= 15 is 0 Å². The molecule has 144 valence electrons. The van der Waals surface area contributed by atoms with Crippen LogP contribution in [0.3, 0.4) is 0 Å². The van der Waals surface area contributed by atoms with Gasteiger partial charge in [-0.2, -0.15) is 0 Å². The summed E-state index contributed by atoms with van der Waals surface area (Å²) in [5, 5.41) is -0.511. The first-order chi connectivity index (χ1) is 13.5. The Labute approximate surface area is 174 Å². The summed E-state index contributed by atoms with van der Waals surface area (Å²) >= 11 is 4.19. The number of hydrogen-bond donors (Lipinski definition) is 0. The van der Waals surface area contributed by atoms with Gasteiger partial charge in [0.15, 0.2) is 0 Å². The number of amides is 2. The second-order valence-electron chi connectivity index (χ2n) is 5.80. The Morgan fingerprint density at radius 2 is 1.93 bits per heavy atom. The number of hydrogen-bond acceptors (Lipinski definition) is 6. The predicted octanol–water partition coefficient (Wildman–Crippen LogP) is 4.24. The minimum absolute atomic E-state index is 0.219. The lowest BCUT2D eigenvalue weighted by atomic mass is 10.1. The van der Waals surface area contributed by atoms with E-state index in [0.717, 1.165) is 26.7 Å². The highest BCUT2D eigenvalue weighted by atomic mass is 79.9. The first-order valence-corrected chi connectivity index (χ1v) is 9.87. The van der Waals surface area contributed by atoms with Crippen LogP contribution in [0.4, 0.5) is 4.79 Å². The van der Waals surface area contributed by atoms with Crippen LogP contribution in [0.15, 0.2) is 57.9 Å². The summed E-state index contributed by atoms with van der Waals surface area (Å²) < 4.78 is 11.2. The molecule has 0 unspecified atom stereocenters. The molecule has 0 radical (unpaired) electrons. The van der Waals surface area contributed by atoms with Crippen molar-refractivity contribution in [1.29, 1.82) is 0 Å².